The molecule has 0 unspecified atom stereocenters. The van der Waals surface area contributed by atoms with Crippen molar-refractivity contribution in [2.75, 3.05) is 12.0 Å². The van der Waals surface area contributed by atoms with Crippen LogP contribution in [-0.2, 0) is 6.42 Å². The molecule has 2 heterocycles. The average molecular weight is 297 g/mol. The van der Waals surface area contributed by atoms with Crippen molar-refractivity contribution in [3.63, 3.8) is 0 Å². The maximum absolute atomic E-state index is 11.3. The summed E-state index contributed by atoms with van der Waals surface area (Å²) in [6.07, 6.45) is 2.49. The van der Waals surface area contributed by atoms with Crippen LogP contribution in [0.25, 0.3) is 11.3 Å². The van der Waals surface area contributed by atoms with E-state index in [-0.39, 0.29) is 0 Å². The highest BCUT2D eigenvalue weighted by Crippen LogP contribution is 2.23. The van der Waals surface area contributed by atoms with Crippen LogP contribution in [0.1, 0.15) is 30.0 Å². The molecule has 6 heteroatoms. The maximum Gasteiger partial charge on any atom is 0.248 e. The van der Waals surface area contributed by atoms with Crippen LogP contribution in [0.5, 0.6) is 0 Å². The van der Waals surface area contributed by atoms with E-state index in [1.165, 1.54) is 0 Å². The van der Waals surface area contributed by atoms with Crippen molar-refractivity contribution in [3.05, 3.63) is 41.9 Å². The van der Waals surface area contributed by atoms with Gasteiger partial charge >= 0.3 is 0 Å². The Hall–Kier alpha value is -2.63. The average Bonchev–Trinajstić information content (AvgIpc) is 3.04. The number of nitrogens with zero attached hydrogens (tertiary/aromatic N) is 3. The number of amidine groups is 1. The summed E-state index contributed by atoms with van der Waals surface area (Å²) in [4.78, 5) is 20.3. The summed E-state index contributed by atoms with van der Waals surface area (Å²) >= 11 is 0. The summed E-state index contributed by atoms with van der Waals surface area (Å²) in [6.45, 7) is 5.07. The standard InChI is InChI=1S/C16H19N5O/c1-10(2)8-18-14-7-15-19-9-13(21(15)20-14)11-4-3-5-12(6-11)16(17)22/h3-6,9-10H,7-8H2,1-2H3,(H2,17,22)(H,18,20). The van der Waals surface area contributed by atoms with E-state index in [1.54, 1.807) is 18.3 Å². The van der Waals surface area contributed by atoms with E-state index < -0.39 is 5.91 Å². The number of aliphatic imine (C=N–C) groups is 1. The highest BCUT2D eigenvalue weighted by molar-refractivity contribution is 5.95. The predicted molar refractivity (Wildman–Crippen MR) is 86.4 cm³/mol. The van der Waals surface area contributed by atoms with Crippen molar-refractivity contribution in [2.45, 2.75) is 20.3 Å². The number of benzene rings is 1. The molecule has 6 nitrogen and oxygen atoms in total. The van der Waals surface area contributed by atoms with Crippen LogP contribution in [0.15, 0.2) is 35.5 Å². The molecule has 1 aromatic heterocycles. The normalized spacial score (nSPS) is 15.1. The number of hydrogen-bond donors (Lipinski definition) is 2. The zero-order valence-corrected chi connectivity index (χ0v) is 12.7. The van der Waals surface area contributed by atoms with Crippen molar-refractivity contribution < 1.29 is 4.79 Å². The first-order valence-electron chi connectivity index (χ1n) is 7.32. The van der Waals surface area contributed by atoms with Crippen molar-refractivity contribution in [1.82, 2.24) is 9.66 Å². The molecule has 0 saturated heterocycles. The third-order valence-electron chi connectivity index (χ3n) is 3.49. The van der Waals surface area contributed by atoms with Gasteiger partial charge in [0, 0.05) is 17.7 Å². The number of aromatic nitrogens is 2. The number of nitrogens with two attached hydrogens (primary N) is 1. The highest BCUT2D eigenvalue weighted by Gasteiger charge is 2.21. The summed E-state index contributed by atoms with van der Waals surface area (Å²) in [5.74, 6) is 1.93. The van der Waals surface area contributed by atoms with Crippen molar-refractivity contribution in [1.29, 1.82) is 0 Å². The molecule has 3 rings (SSSR count). The molecule has 114 valence electrons. The van der Waals surface area contributed by atoms with E-state index in [1.807, 2.05) is 16.8 Å². The molecule has 0 radical (unpaired) electrons. The number of amides is 1. The molecule has 0 saturated carbocycles. The van der Waals surface area contributed by atoms with Crippen LogP contribution in [0.2, 0.25) is 0 Å². The minimum atomic E-state index is -0.435. The minimum Gasteiger partial charge on any atom is -0.366 e. The fourth-order valence-electron chi connectivity index (χ4n) is 2.38. The Morgan fingerprint density at radius 1 is 1.50 bits per heavy atom. The Morgan fingerprint density at radius 2 is 2.32 bits per heavy atom. The zero-order valence-electron chi connectivity index (χ0n) is 12.7. The highest BCUT2D eigenvalue weighted by atomic mass is 16.1. The van der Waals surface area contributed by atoms with Gasteiger partial charge in [-0.05, 0) is 18.1 Å². The summed E-state index contributed by atoms with van der Waals surface area (Å²) in [7, 11) is 0. The number of rotatable bonds is 4. The van der Waals surface area contributed by atoms with Crippen LogP contribution >= 0.6 is 0 Å². The third kappa shape index (κ3) is 2.72. The molecule has 2 aromatic rings. The molecule has 1 aromatic carbocycles. The number of fused-ring (bicyclic) bond motifs is 1. The van der Waals surface area contributed by atoms with E-state index in [2.05, 4.69) is 29.2 Å². The van der Waals surface area contributed by atoms with Crippen LogP contribution in [0.3, 0.4) is 0 Å². The van der Waals surface area contributed by atoms with Gasteiger partial charge in [-0.1, -0.05) is 26.0 Å². The van der Waals surface area contributed by atoms with E-state index in [9.17, 15) is 4.79 Å². The fraction of sp³-hybridized carbons (Fsp3) is 0.312. The molecule has 0 atom stereocenters. The van der Waals surface area contributed by atoms with Gasteiger partial charge in [-0.15, -0.1) is 0 Å². The van der Waals surface area contributed by atoms with Gasteiger partial charge in [0.05, 0.1) is 18.3 Å². The van der Waals surface area contributed by atoms with E-state index >= 15 is 0 Å². The van der Waals surface area contributed by atoms with Gasteiger partial charge in [-0.2, -0.15) is 0 Å². The lowest BCUT2D eigenvalue weighted by molar-refractivity contribution is 0.100. The molecule has 22 heavy (non-hydrogen) atoms. The second-order valence-corrected chi connectivity index (χ2v) is 5.81. The topological polar surface area (TPSA) is 85.3 Å². The van der Waals surface area contributed by atoms with E-state index in [0.717, 1.165) is 29.5 Å². The summed E-state index contributed by atoms with van der Waals surface area (Å²) in [6, 6.07) is 7.23. The minimum absolute atomic E-state index is 0.435. The van der Waals surface area contributed by atoms with Gasteiger partial charge in [-0.3, -0.25) is 15.2 Å². The quantitative estimate of drug-likeness (QED) is 0.902. The van der Waals surface area contributed by atoms with Gasteiger partial charge < -0.3 is 5.73 Å². The van der Waals surface area contributed by atoms with Gasteiger partial charge in [0.2, 0.25) is 5.91 Å². The van der Waals surface area contributed by atoms with Crippen LogP contribution in [-0.4, -0.2) is 27.9 Å². The van der Waals surface area contributed by atoms with Crippen molar-refractivity contribution in [2.24, 2.45) is 16.6 Å². The van der Waals surface area contributed by atoms with E-state index in [0.29, 0.717) is 17.9 Å². The lowest BCUT2D eigenvalue weighted by Gasteiger charge is -2.08. The Kier molecular flexibility index (Phi) is 3.66. The molecule has 3 N–H and O–H groups in total. The number of primary amides is 1. The van der Waals surface area contributed by atoms with Gasteiger partial charge in [0.25, 0.3) is 0 Å². The lowest BCUT2D eigenvalue weighted by Crippen LogP contribution is -2.17. The Bertz CT molecular complexity index is 745. The first-order chi connectivity index (χ1) is 10.5. The number of nitrogens with one attached hydrogen (secondary N) is 1. The Labute approximate surface area is 129 Å². The van der Waals surface area contributed by atoms with Crippen LogP contribution in [0.4, 0.5) is 0 Å². The third-order valence-corrected chi connectivity index (χ3v) is 3.49. The molecule has 0 fully saturated rings. The molecule has 1 aliphatic heterocycles. The lowest BCUT2D eigenvalue weighted by atomic mass is 10.1. The summed E-state index contributed by atoms with van der Waals surface area (Å²) < 4.78 is 1.92. The van der Waals surface area contributed by atoms with Crippen molar-refractivity contribution >= 4 is 11.7 Å². The molecule has 1 aliphatic rings. The van der Waals surface area contributed by atoms with Crippen molar-refractivity contribution in [3.8, 4) is 11.3 Å². The summed E-state index contributed by atoms with van der Waals surface area (Å²) in [5.41, 5.74) is 10.9. The Morgan fingerprint density at radius 3 is 3.05 bits per heavy atom. The van der Waals surface area contributed by atoms with E-state index in [4.69, 9.17) is 5.73 Å². The molecular formula is C16H19N5O. The molecule has 1 amide bonds. The maximum atomic E-state index is 11.3. The monoisotopic (exact) mass is 297 g/mol. The predicted octanol–water partition coefficient (Wildman–Crippen LogP) is 1.80. The first-order valence-corrected chi connectivity index (χ1v) is 7.32. The number of hydrogen-bond acceptors (Lipinski definition) is 3. The van der Waals surface area contributed by atoms with Crippen LogP contribution in [0, 0.1) is 5.92 Å². The second-order valence-electron chi connectivity index (χ2n) is 5.81. The number of imidazole rings is 1. The SMILES string of the molecule is CC(C)CN=C1Cc2ncc(-c3cccc(C(N)=O)c3)n2N1. The van der Waals surface area contributed by atoms with Gasteiger partial charge in [0.15, 0.2) is 0 Å². The van der Waals surface area contributed by atoms with Gasteiger partial charge in [0.1, 0.15) is 11.7 Å². The Balaban J connectivity index is 1.89. The molecule has 0 aliphatic carbocycles. The summed E-state index contributed by atoms with van der Waals surface area (Å²) in [5, 5.41) is 0. The molecule has 0 bridgehead atoms. The zero-order chi connectivity index (χ0) is 15.7. The molecule has 0 spiro atoms. The smallest absolute Gasteiger partial charge is 0.248 e. The first kappa shape index (κ1) is 14.3. The fourth-order valence-corrected chi connectivity index (χ4v) is 2.38. The van der Waals surface area contributed by atoms with Gasteiger partial charge in [-0.25, -0.2) is 9.66 Å². The number of carbonyl (C=O) groups excluding carboxylic acids is 1. The second kappa shape index (κ2) is 5.63. The van der Waals surface area contributed by atoms with Crippen LogP contribution < -0.4 is 11.2 Å². The molecular weight excluding hydrogens is 278 g/mol. The number of carbonyl (C=O) groups is 1. The largest absolute Gasteiger partial charge is 0.366 e.